The van der Waals surface area contributed by atoms with Crippen molar-refractivity contribution >= 4 is 29.2 Å². The lowest BCUT2D eigenvalue weighted by atomic mass is 10.1. The molecule has 184 valence electrons. The monoisotopic (exact) mass is 477 g/mol. The number of H-pyrrole nitrogens is 1. The first-order valence-corrected chi connectivity index (χ1v) is 11.4. The number of aromatic amines is 1. The molecule has 1 aliphatic heterocycles. The molecule has 0 spiro atoms. The quantitative estimate of drug-likeness (QED) is 0.544. The lowest BCUT2D eigenvalue weighted by Gasteiger charge is -2.27. The largest absolute Gasteiger partial charge is 0.467 e. The molecule has 4 rings (SSSR count). The highest BCUT2D eigenvalue weighted by molar-refractivity contribution is 5.82. The van der Waals surface area contributed by atoms with E-state index in [1.807, 2.05) is 48.5 Å². The number of aromatic nitrogens is 2. The Bertz CT molecular complexity index is 1280. The zero-order chi connectivity index (χ0) is 25.6. The number of rotatable bonds is 3. The summed E-state index contributed by atoms with van der Waals surface area (Å²) in [5, 5.41) is 0. The van der Waals surface area contributed by atoms with E-state index in [0.29, 0.717) is 18.7 Å². The number of para-hydroxylation sites is 2. The Labute approximate surface area is 204 Å². The normalized spacial score (nSPS) is 15.2. The summed E-state index contributed by atoms with van der Waals surface area (Å²) in [4.78, 5) is 44.0. The number of carbonyl (C=O) groups is 2. The first kappa shape index (κ1) is 25.7. The van der Waals surface area contributed by atoms with Crippen LogP contribution in [0.1, 0.15) is 39.2 Å². The molecular weight excluding hydrogens is 446 g/mol. The zero-order valence-corrected chi connectivity index (χ0v) is 20.5. The standard InChI is InChI=1S/C16H12N2O.C11H19NO4/c1-2-11-6-5-7-12(10-11)15-16(19)18-14-9-4-3-8-13(14)17-15;1-11(2,3)16-10(14)12-7-5-6-8(12)9(13)15-4/h2-10H,1H2,(H,18,19);8H,5-7H2,1-4H3. The topological polar surface area (TPSA) is 102 Å². The van der Waals surface area contributed by atoms with Gasteiger partial charge in [-0.3, -0.25) is 9.69 Å². The van der Waals surface area contributed by atoms with E-state index < -0.39 is 17.7 Å². The van der Waals surface area contributed by atoms with Crippen LogP contribution in [0.4, 0.5) is 4.79 Å². The number of likely N-dealkylation sites (tertiary alicyclic amines) is 1. The molecule has 3 aromatic rings. The zero-order valence-electron chi connectivity index (χ0n) is 20.5. The average Bonchev–Trinajstić information content (AvgIpc) is 3.33. The highest BCUT2D eigenvalue weighted by atomic mass is 16.6. The van der Waals surface area contributed by atoms with Crippen LogP contribution in [0, 0.1) is 0 Å². The van der Waals surface area contributed by atoms with Gasteiger partial charge in [0.1, 0.15) is 17.3 Å². The molecule has 0 saturated carbocycles. The van der Waals surface area contributed by atoms with E-state index in [0.717, 1.165) is 28.6 Å². The third-order valence-electron chi connectivity index (χ3n) is 5.35. The minimum absolute atomic E-state index is 0.181. The van der Waals surface area contributed by atoms with E-state index in [2.05, 4.69) is 21.3 Å². The van der Waals surface area contributed by atoms with Gasteiger partial charge in [0.05, 0.1) is 18.1 Å². The number of fused-ring (bicyclic) bond motifs is 1. The van der Waals surface area contributed by atoms with Crippen molar-refractivity contribution in [2.45, 2.75) is 45.3 Å². The van der Waals surface area contributed by atoms with Gasteiger partial charge >= 0.3 is 12.1 Å². The summed E-state index contributed by atoms with van der Waals surface area (Å²) in [5.41, 5.74) is 3.00. The number of methoxy groups -OCH3 is 1. The van der Waals surface area contributed by atoms with Gasteiger partial charge in [-0.2, -0.15) is 0 Å². The summed E-state index contributed by atoms with van der Waals surface area (Å²) in [6.07, 6.45) is 2.75. The van der Waals surface area contributed by atoms with Crippen LogP contribution in [0.25, 0.3) is 28.4 Å². The van der Waals surface area contributed by atoms with Crippen LogP contribution in [-0.4, -0.2) is 52.2 Å². The average molecular weight is 478 g/mol. The van der Waals surface area contributed by atoms with Crippen molar-refractivity contribution < 1.29 is 19.1 Å². The third-order valence-corrected chi connectivity index (χ3v) is 5.35. The molecule has 8 heteroatoms. The fourth-order valence-electron chi connectivity index (χ4n) is 3.73. The van der Waals surface area contributed by atoms with Gasteiger partial charge in [-0.25, -0.2) is 14.6 Å². The maximum absolute atomic E-state index is 12.1. The van der Waals surface area contributed by atoms with E-state index in [1.165, 1.54) is 12.0 Å². The second-order valence-corrected chi connectivity index (χ2v) is 9.12. The van der Waals surface area contributed by atoms with E-state index in [1.54, 1.807) is 26.8 Å². The van der Waals surface area contributed by atoms with Crippen molar-refractivity contribution in [1.29, 1.82) is 0 Å². The Kier molecular flexibility index (Phi) is 8.06. The molecule has 0 radical (unpaired) electrons. The molecule has 2 heterocycles. The van der Waals surface area contributed by atoms with Gasteiger partial charge in [-0.05, 0) is 57.4 Å². The van der Waals surface area contributed by atoms with E-state index >= 15 is 0 Å². The lowest BCUT2D eigenvalue weighted by Crippen LogP contribution is -2.43. The highest BCUT2D eigenvalue weighted by Gasteiger charge is 2.37. The Morgan fingerprint density at radius 2 is 1.91 bits per heavy atom. The fraction of sp³-hybridized carbons (Fsp3) is 0.333. The highest BCUT2D eigenvalue weighted by Crippen LogP contribution is 2.21. The molecule has 0 bridgehead atoms. The molecule has 1 unspecified atom stereocenters. The summed E-state index contributed by atoms with van der Waals surface area (Å²) < 4.78 is 9.88. The van der Waals surface area contributed by atoms with Crippen molar-refractivity contribution in [2.24, 2.45) is 0 Å². The second-order valence-electron chi connectivity index (χ2n) is 9.12. The molecule has 2 aromatic carbocycles. The maximum atomic E-state index is 12.1. The van der Waals surface area contributed by atoms with Gasteiger partial charge in [-0.1, -0.05) is 43.0 Å². The molecule has 1 amide bonds. The molecule has 1 aromatic heterocycles. The molecular formula is C27H31N3O5. The molecule has 1 fully saturated rings. The summed E-state index contributed by atoms with van der Waals surface area (Å²) in [6.45, 7) is 9.68. The molecule has 0 aliphatic carbocycles. The number of hydrogen-bond acceptors (Lipinski definition) is 6. The third kappa shape index (κ3) is 6.56. The minimum atomic E-state index is -0.541. The molecule has 1 N–H and O–H groups in total. The smallest absolute Gasteiger partial charge is 0.411 e. The van der Waals surface area contributed by atoms with E-state index in [9.17, 15) is 14.4 Å². The predicted molar refractivity (Wildman–Crippen MR) is 136 cm³/mol. The Balaban J connectivity index is 0.000000199. The number of benzene rings is 2. The van der Waals surface area contributed by atoms with Gasteiger partial charge in [0.25, 0.3) is 5.56 Å². The van der Waals surface area contributed by atoms with Crippen LogP contribution in [0.15, 0.2) is 59.9 Å². The number of ether oxygens (including phenoxy) is 2. The summed E-state index contributed by atoms with van der Waals surface area (Å²) >= 11 is 0. The van der Waals surface area contributed by atoms with Gasteiger partial charge in [-0.15, -0.1) is 0 Å². The van der Waals surface area contributed by atoms with Crippen molar-refractivity contribution in [2.75, 3.05) is 13.7 Å². The number of nitrogens with one attached hydrogen (secondary N) is 1. The summed E-state index contributed by atoms with van der Waals surface area (Å²) in [5.74, 6) is -0.372. The Hall–Kier alpha value is -3.94. The van der Waals surface area contributed by atoms with Crippen LogP contribution in [0.5, 0.6) is 0 Å². The fourth-order valence-corrected chi connectivity index (χ4v) is 3.73. The molecule has 35 heavy (non-hydrogen) atoms. The Morgan fingerprint density at radius 3 is 2.60 bits per heavy atom. The number of carbonyl (C=O) groups excluding carboxylic acids is 2. The number of esters is 1. The Morgan fingerprint density at radius 1 is 1.17 bits per heavy atom. The molecule has 1 saturated heterocycles. The first-order chi connectivity index (χ1) is 16.6. The van der Waals surface area contributed by atoms with Gasteiger partial charge in [0.2, 0.25) is 0 Å². The van der Waals surface area contributed by atoms with E-state index in [-0.39, 0.29) is 11.5 Å². The van der Waals surface area contributed by atoms with E-state index in [4.69, 9.17) is 4.74 Å². The summed E-state index contributed by atoms with van der Waals surface area (Å²) in [7, 11) is 1.33. The molecule has 1 atom stereocenters. The van der Waals surface area contributed by atoms with Crippen LogP contribution < -0.4 is 5.56 Å². The van der Waals surface area contributed by atoms with Crippen LogP contribution in [0.3, 0.4) is 0 Å². The van der Waals surface area contributed by atoms with Crippen molar-refractivity contribution in [3.8, 4) is 11.3 Å². The van der Waals surface area contributed by atoms with Crippen LogP contribution >= 0.6 is 0 Å². The van der Waals surface area contributed by atoms with Crippen molar-refractivity contribution in [3.63, 3.8) is 0 Å². The number of nitrogens with zero attached hydrogens (tertiary/aromatic N) is 2. The van der Waals surface area contributed by atoms with Crippen molar-refractivity contribution in [3.05, 3.63) is 71.0 Å². The molecule has 8 nitrogen and oxygen atoms in total. The van der Waals surface area contributed by atoms with Gasteiger partial charge in [0, 0.05) is 12.1 Å². The minimum Gasteiger partial charge on any atom is -0.467 e. The first-order valence-electron chi connectivity index (χ1n) is 11.4. The SMILES string of the molecule is C=Cc1cccc(-c2nc3ccccc3[nH]c2=O)c1.COC(=O)C1CCCN1C(=O)OC(C)(C)C. The maximum Gasteiger partial charge on any atom is 0.411 e. The van der Waals surface area contributed by atoms with Gasteiger partial charge < -0.3 is 14.5 Å². The summed E-state index contributed by atoms with van der Waals surface area (Å²) in [6, 6.07) is 14.6. The van der Waals surface area contributed by atoms with Crippen molar-refractivity contribution in [1.82, 2.24) is 14.9 Å². The number of amides is 1. The van der Waals surface area contributed by atoms with Crippen LogP contribution in [0.2, 0.25) is 0 Å². The lowest BCUT2D eigenvalue weighted by molar-refractivity contribution is -0.145. The predicted octanol–water partition coefficient (Wildman–Crippen LogP) is 4.79. The number of hydrogen-bond donors (Lipinski definition) is 1. The van der Waals surface area contributed by atoms with Gasteiger partial charge in [0.15, 0.2) is 0 Å². The second kappa shape index (κ2) is 11.0. The molecule has 1 aliphatic rings. The van der Waals surface area contributed by atoms with Crippen LogP contribution in [-0.2, 0) is 14.3 Å².